The molecule has 0 radical (unpaired) electrons. The van der Waals surface area contributed by atoms with Crippen molar-refractivity contribution in [1.82, 2.24) is 0 Å². The van der Waals surface area contributed by atoms with Crippen LogP contribution in [-0.4, -0.2) is 5.17 Å². The van der Waals surface area contributed by atoms with Gasteiger partial charge in [-0.3, -0.25) is 5.41 Å². The van der Waals surface area contributed by atoms with Crippen molar-refractivity contribution in [2.24, 2.45) is 5.73 Å². The van der Waals surface area contributed by atoms with Crippen LogP contribution in [0.3, 0.4) is 0 Å². The molecule has 0 aromatic heterocycles. The summed E-state index contributed by atoms with van der Waals surface area (Å²) in [4.78, 5) is 1.04. The van der Waals surface area contributed by atoms with Gasteiger partial charge in [-0.15, -0.1) is 0 Å². The molecule has 0 heterocycles. The minimum Gasteiger partial charge on any atom is -0.378 e. The van der Waals surface area contributed by atoms with Gasteiger partial charge in [0.15, 0.2) is 5.17 Å². The molecule has 0 saturated carbocycles. The van der Waals surface area contributed by atoms with Crippen LogP contribution in [0.25, 0.3) is 0 Å². The number of benzene rings is 1. The number of hydrogen-bond acceptors (Lipinski definition) is 2. The van der Waals surface area contributed by atoms with Crippen molar-refractivity contribution >= 4 is 16.9 Å². The first-order chi connectivity index (χ1) is 5.58. The molecule has 0 saturated heterocycles. The molecule has 0 bridgehead atoms. The first kappa shape index (κ1) is 9.13. The second-order valence-corrected chi connectivity index (χ2v) is 3.91. The van der Waals surface area contributed by atoms with Gasteiger partial charge in [0, 0.05) is 4.90 Å². The summed E-state index contributed by atoms with van der Waals surface area (Å²) in [5.74, 6) is 0. The average Bonchev–Trinajstić information content (AvgIpc) is 1.81. The zero-order valence-electron chi connectivity index (χ0n) is 7.22. The predicted octanol–water partition coefficient (Wildman–Crippen LogP) is 2.29. The van der Waals surface area contributed by atoms with E-state index in [2.05, 4.69) is 6.07 Å². The van der Waals surface area contributed by atoms with E-state index in [1.807, 2.05) is 26.0 Å². The van der Waals surface area contributed by atoms with Gasteiger partial charge in [-0.25, -0.2) is 0 Å². The molecule has 0 unspecified atom stereocenters. The Bertz CT molecular complexity index is 287. The van der Waals surface area contributed by atoms with E-state index in [0.717, 1.165) is 4.90 Å². The lowest BCUT2D eigenvalue weighted by atomic mass is 10.2. The minimum atomic E-state index is 0.139. The summed E-state index contributed by atoms with van der Waals surface area (Å²) in [6, 6.07) is 6.16. The van der Waals surface area contributed by atoms with E-state index in [9.17, 15) is 0 Å². The molecule has 0 fully saturated rings. The zero-order chi connectivity index (χ0) is 9.14. The monoisotopic (exact) mass is 180 g/mol. The Kier molecular flexibility index (Phi) is 2.76. The molecular weight excluding hydrogens is 168 g/mol. The number of aryl methyl sites for hydroxylation is 2. The summed E-state index contributed by atoms with van der Waals surface area (Å²) < 4.78 is 0. The van der Waals surface area contributed by atoms with Crippen molar-refractivity contribution in [1.29, 1.82) is 5.41 Å². The molecule has 0 spiro atoms. The number of nitrogens with one attached hydrogen (secondary N) is 1. The first-order valence-corrected chi connectivity index (χ1v) is 4.50. The highest BCUT2D eigenvalue weighted by molar-refractivity contribution is 8.13. The van der Waals surface area contributed by atoms with Crippen molar-refractivity contribution in [2.75, 3.05) is 0 Å². The van der Waals surface area contributed by atoms with Crippen LogP contribution in [0.2, 0.25) is 0 Å². The smallest absolute Gasteiger partial charge is 0.155 e. The molecule has 1 rings (SSSR count). The first-order valence-electron chi connectivity index (χ1n) is 3.68. The Morgan fingerprint density at radius 2 is 1.75 bits per heavy atom. The molecule has 3 N–H and O–H groups in total. The van der Waals surface area contributed by atoms with Crippen LogP contribution in [0, 0.1) is 19.3 Å². The van der Waals surface area contributed by atoms with Crippen molar-refractivity contribution in [3.05, 3.63) is 29.3 Å². The maximum atomic E-state index is 7.11. The summed E-state index contributed by atoms with van der Waals surface area (Å²) >= 11 is 1.29. The highest BCUT2D eigenvalue weighted by Crippen LogP contribution is 2.20. The van der Waals surface area contributed by atoms with Gasteiger partial charge in [0.25, 0.3) is 0 Å². The van der Waals surface area contributed by atoms with Gasteiger partial charge in [-0.05, 0) is 37.1 Å². The van der Waals surface area contributed by atoms with Crippen LogP contribution in [0.5, 0.6) is 0 Å². The van der Waals surface area contributed by atoms with E-state index >= 15 is 0 Å². The van der Waals surface area contributed by atoms with E-state index in [1.54, 1.807) is 0 Å². The van der Waals surface area contributed by atoms with Crippen molar-refractivity contribution in [3.8, 4) is 0 Å². The minimum absolute atomic E-state index is 0.139. The highest BCUT2D eigenvalue weighted by atomic mass is 32.2. The molecule has 0 aliphatic carbocycles. The van der Waals surface area contributed by atoms with Crippen LogP contribution in [-0.2, 0) is 0 Å². The summed E-state index contributed by atoms with van der Waals surface area (Å²) in [6.45, 7) is 4.08. The average molecular weight is 180 g/mol. The van der Waals surface area contributed by atoms with E-state index in [1.165, 1.54) is 22.9 Å². The summed E-state index contributed by atoms with van der Waals surface area (Å²) in [5.41, 5.74) is 7.69. The third kappa shape index (κ3) is 2.58. The summed E-state index contributed by atoms with van der Waals surface area (Å²) in [7, 11) is 0. The van der Waals surface area contributed by atoms with Gasteiger partial charge in [0.1, 0.15) is 0 Å². The van der Waals surface area contributed by atoms with Gasteiger partial charge >= 0.3 is 0 Å². The van der Waals surface area contributed by atoms with Crippen LogP contribution in [0.4, 0.5) is 0 Å². The van der Waals surface area contributed by atoms with Crippen molar-refractivity contribution in [3.63, 3.8) is 0 Å². The normalized spacial score (nSPS) is 9.83. The van der Waals surface area contributed by atoms with Gasteiger partial charge in [0.05, 0.1) is 0 Å². The molecule has 1 aromatic carbocycles. The zero-order valence-corrected chi connectivity index (χ0v) is 8.03. The highest BCUT2D eigenvalue weighted by Gasteiger charge is 1.97. The Morgan fingerprint density at radius 1 is 1.25 bits per heavy atom. The maximum absolute atomic E-state index is 7.11. The Hall–Kier alpha value is -0.960. The number of rotatable bonds is 1. The summed E-state index contributed by atoms with van der Waals surface area (Å²) in [6.07, 6.45) is 0. The standard InChI is InChI=1S/C9H12N2S/c1-6-3-7(2)5-8(4-6)12-9(10)11/h3-5H,1-2H3,(H3,10,11). The van der Waals surface area contributed by atoms with Crippen LogP contribution >= 0.6 is 11.8 Å². The van der Waals surface area contributed by atoms with Gasteiger partial charge in [0.2, 0.25) is 0 Å². The molecule has 3 heteroatoms. The number of hydrogen-bond donors (Lipinski definition) is 2. The van der Waals surface area contributed by atoms with Crippen molar-refractivity contribution < 1.29 is 0 Å². The number of nitrogens with two attached hydrogens (primary N) is 1. The SMILES string of the molecule is Cc1cc(C)cc(SC(=N)N)c1. The Morgan fingerprint density at radius 3 is 2.17 bits per heavy atom. The lowest BCUT2D eigenvalue weighted by Gasteiger charge is -2.02. The largest absolute Gasteiger partial charge is 0.378 e. The van der Waals surface area contributed by atoms with Crippen LogP contribution < -0.4 is 5.73 Å². The quantitative estimate of drug-likeness (QED) is 0.396. The molecule has 2 nitrogen and oxygen atoms in total. The van der Waals surface area contributed by atoms with Gasteiger partial charge < -0.3 is 5.73 Å². The molecule has 0 aliphatic rings. The van der Waals surface area contributed by atoms with E-state index in [4.69, 9.17) is 11.1 Å². The van der Waals surface area contributed by atoms with E-state index in [0.29, 0.717) is 0 Å². The molecule has 0 aliphatic heterocycles. The van der Waals surface area contributed by atoms with E-state index in [-0.39, 0.29) is 5.17 Å². The molecule has 12 heavy (non-hydrogen) atoms. The number of thioether (sulfide) groups is 1. The van der Waals surface area contributed by atoms with Gasteiger partial charge in [-0.2, -0.15) is 0 Å². The Balaban J connectivity index is 2.93. The van der Waals surface area contributed by atoms with E-state index < -0.39 is 0 Å². The molecular formula is C9H12N2S. The molecule has 1 aromatic rings. The second kappa shape index (κ2) is 3.63. The number of amidine groups is 1. The topological polar surface area (TPSA) is 49.9 Å². The van der Waals surface area contributed by atoms with Crippen LogP contribution in [0.1, 0.15) is 11.1 Å². The molecule has 0 atom stereocenters. The molecule has 64 valence electrons. The van der Waals surface area contributed by atoms with Gasteiger partial charge in [-0.1, -0.05) is 17.8 Å². The third-order valence-electron chi connectivity index (χ3n) is 1.42. The predicted molar refractivity (Wildman–Crippen MR) is 53.7 cm³/mol. The third-order valence-corrected chi connectivity index (χ3v) is 2.11. The maximum Gasteiger partial charge on any atom is 0.155 e. The fraction of sp³-hybridized carbons (Fsp3) is 0.222. The Labute approximate surface area is 76.7 Å². The van der Waals surface area contributed by atoms with Crippen molar-refractivity contribution in [2.45, 2.75) is 18.7 Å². The second-order valence-electron chi connectivity index (χ2n) is 2.79. The molecule has 0 amide bonds. The lowest BCUT2D eigenvalue weighted by Crippen LogP contribution is -2.02. The lowest BCUT2D eigenvalue weighted by molar-refractivity contribution is 1.30. The fourth-order valence-electron chi connectivity index (χ4n) is 1.12. The summed E-state index contributed by atoms with van der Waals surface area (Å²) in [5, 5.41) is 7.25. The van der Waals surface area contributed by atoms with Crippen LogP contribution in [0.15, 0.2) is 23.1 Å². The fourth-order valence-corrected chi connectivity index (χ4v) is 1.86.